The molecule has 0 fully saturated rings. The van der Waals surface area contributed by atoms with Crippen molar-refractivity contribution in [2.24, 2.45) is 0 Å². The number of benzene rings is 2. The molecule has 2 aromatic rings. The monoisotopic (exact) mass is 387 g/mol. The van der Waals surface area contributed by atoms with Crippen molar-refractivity contribution in [1.82, 2.24) is 0 Å². The maximum Gasteiger partial charge on any atom is 0.336 e. The van der Waals surface area contributed by atoms with Crippen LogP contribution in [0.15, 0.2) is 59.5 Å². The number of ether oxygens (including phenoxy) is 1. The Labute approximate surface area is 159 Å². The van der Waals surface area contributed by atoms with Gasteiger partial charge in [0.25, 0.3) is 10.1 Å². The molecule has 0 aromatic heterocycles. The molecule has 0 aliphatic heterocycles. The molecule has 0 spiro atoms. The molecular weight excluding hydrogens is 366 g/mol. The van der Waals surface area contributed by atoms with Gasteiger partial charge in [-0.1, -0.05) is 42.5 Å². The lowest BCUT2D eigenvalue weighted by Crippen LogP contribution is -2.29. The summed E-state index contributed by atoms with van der Waals surface area (Å²) in [5.41, 5.74) is 1.04. The summed E-state index contributed by atoms with van der Waals surface area (Å²) in [5, 5.41) is 9.12. The fraction of sp³-hybridized carbons (Fsp3) is 0.300. The van der Waals surface area contributed by atoms with Crippen LogP contribution < -0.4 is 0 Å². The minimum atomic E-state index is -4.28. The van der Waals surface area contributed by atoms with Crippen molar-refractivity contribution in [3.8, 4) is 6.07 Å². The van der Waals surface area contributed by atoms with Gasteiger partial charge in [0.05, 0.1) is 12.2 Å². The third kappa shape index (κ3) is 5.91. The molecule has 7 heteroatoms. The van der Waals surface area contributed by atoms with E-state index in [4.69, 9.17) is 14.2 Å². The molecule has 0 amide bonds. The lowest BCUT2D eigenvalue weighted by Gasteiger charge is -2.16. The Hall–Kier alpha value is -2.69. The molecule has 0 saturated carbocycles. The van der Waals surface area contributed by atoms with E-state index in [2.05, 4.69) is 0 Å². The first-order valence-electron chi connectivity index (χ1n) is 8.61. The zero-order valence-corrected chi connectivity index (χ0v) is 15.8. The molecule has 0 unspecified atom stereocenters. The molecule has 0 aliphatic rings. The number of hydrogen-bond donors (Lipinski definition) is 0. The highest BCUT2D eigenvalue weighted by Gasteiger charge is 2.29. The molecule has 2 rings (SSSR count). The fourth-order valence-corrected chi connectivity index (χ4v) is 3.77. The molecule has 0 radical (unpaired) electrons. The van der Waals surface area contributed by atoms with Crippen LogP contribution in [-0.4, -0.2) is 27.1 Å². The number of hydrogen-bond acceptors (Lipinski definition) is 6. The van der Waals surface area contributed by atoms with Crippen LogP contribution in [-0.2, 0) is 30.3 Å². The Kier molecular flexibility index (Phi) is 7.53. The number of nitrogens with zero attached hydrogens (tertiary/aromatic N) is 1. The third-order valence-electron chi connectivity index (χ3n) is 3.84. The lowest BCUT2D eigenvalue weighted by molar-refractivity contribution is -0.151. The van der Waals surface area contributed by atoms with Gasteiger partial charge in [0.15, 0.2) is 6.10 Å². The Morgan fingerprint density at radius 2 is 1.78 bits per heavy atom. The maximum atomic E-state index is 12.6. The quantitative estimate of drug-likeness (QED) is 0.484. The van der Waals surface area contributed by atoms with Gasteiger partial charge >= 0.3 is 5.97 Å². The van der Waals surface area contributed by atoms with Gasteiger partial charge < -0.3 is 4.74 Å². The van der Waals surface area contributed by atoms with Crippen LogP contribution in [0, 0.1) is 11.3 Å². The predicted molar refractivity (Wildman–Crippen MR) is 99.2 cm³/mol. The first-order valence-corrected chi connectivity index (χ1v) is 10.0. The van der Waals surface area contributed by atoms with Crippen molar-refractivity contribution in [3.05, 3.63) is 65.7 Å². The van der Waals surface area contributed by atoms with Crippen molar-refractivity contribution in [2.75, 3.05) is 6.61 Å². The summed E-state index contributed by atoms with van der Waals surface area (Å²) in [6, 6.07) is 17.2. The van der Waals surface area contributed by atoms with Crippen LogP contribution in [0.3, 0.4) is 0 Å². The van der Waals surface area contributed by atoms with Gasteiger partial charge in [0.1, 0.15) is 11.0 Å². The normalized spacial score (nSPS) is 12.1. The number of aryl methyl sites for hydroxylation is 1. The predicted octanol–water partition coefficient (Wildman–Crippen LogP) is 3.22. The van der Waals surface area contributed by atoms with Gasteiger partial charge in [-0.2, -0.15) is 13.7 Å². The van der Waals surface area contributed by atoms with Crippen LogP contribution in [0.1, 0.15) is 30.9 Å². The minimum absolute atomic E-state index is 0.0376. The second-order valence-electron chi connectivity index (χ2n) is 5.78. The van der Waals surface area contributed by atoms with Crippen LogP contribution in [0.25, 0.3) is 0 Å². The van der Waals surface area contributed by atoms with Gasteiger partial charge in [-0.3, -0.25) is 4.18 Å². The highest BCUT2D eigenvalue weighted by molar-refractivity contribution is 7.86. The Morgan fingerprint density at radius 1 is 1.11 bits per heavy atom. The van der Waals surface area contributed by atoms with Crippen LogP contribution in [0.2, 0.25) is 0 Å². The van der Waals surface area contributed by atoms with E-state index in [0.717, 1.165) is 5.56 Å². The summed E-state index contributed by atoms with van der Waals surface area (Å²) >= 11 is 0. The summed E-state index contributed by atoms with van der Waals surface area (Å²) in [7, 11) is -4.28. The topological polar surface area (TPSA) is 93.5 Å². The summed E-state index contributed by atoms with van der Waals surface area (Å²) in [6.07, 6.45) is 0.143. The van der Waals surface area contributed by atoms with Crippen molar-refractivity contribution in [2.45, 2.75) is 37.2 Å². The van der Waals surface area contributed by atoms with Crippen molar-refractivity contribution in [1.29, 1.82) is 5.26 Å². The lowest BCUT2D eigenvalue weighted by atomic mass is 10.1. The first-order chi connectivity index (χ1) is 13.0. The molecule has 142 valence electrons. The summed E-state index contributed by atoms with van der Waals surface area (Å²) in [4.78, 5) is 11.9. The van der Waals surface area contributed by atoms with E-state index in [-0.39, 0.29) is 23.5 Å². The molecule has 1 atom stereocenters. The summed E-state index contributed by atoms with van der Waals surface area (Å²) in [5.74, 6) is -0.733. The Morgan fingerprint density at radius 3 is 2.44 bits per heavy atom. The van der Waals surface area contributed by atoms with Crippen molar-refractivity contribution >= 4 is 16.1 Å². The van der Waals surface area contributed by atoms with Gasteiger partial charge in [-0.25, -0.2) is 4.79 Å². The fourth-order valence-electron chi connectivity index (χ4n) is 2.56. The molecule has 2 aromatic carbocycles. The zero-order valence-electron chi connectivity index (χ0n) is 15.0. The summed E-state index contributed by atoms with van der Waals surface area (Å²) in [6.45, 7) is 1.75. The van der Waals surface area contributed by atoms with Gasteiger partial charge in [-0.15, -0.1) is 0 Å². The van der Waals surface area contributed by atoms with E-state index in [1.54, 1.807) is 13.0 Å². The number of carbonyl (C=O) groups excluding carboxylic acids is 1. The summed E-state index contributed by atoms with van der Waals surface area (Å²) < 4.78 is 35.3. The average Bonchev–Trinajstić information content (AvgIpc) is 2.68. The zero-order chi connectivity index (χ0) is 19.7. The Balaban J connectivity index is 2.13. The molecular formula is C20H21NO5S. The van der Waals surface area contributed by atoms with Crippen LogP contribution >= 0.6 is 0 Å². The minimum Gasteiger partial charge on any atom is -0.464 e. The van der Waals surface area contributed by atoms with Crippen molar-refractivity contribution < 1.29 is 22.1 Å². The van der Waals surface area contributed by atoms with Crippen molar-refractivity contribution in [3.63, 3.8) is 0 Å². The van der Waals surface area contributed by atoms with Crippen LogP contribution in [0.4, 0.5) is 0 Å². The van der Waals surface area contributed by atoms with E-state index in [9.17, 15) is 13.2 Å². The largest absolute Gasteiger partial charge is 0.464 e. The number of nitriles is 1. The molecule has 6 nitrogen and oxygen atoms in total. The van der Waals surface area contributed by atoms with E-state index in [1.165, 1.54) is 18.2 Å². The molecule has 0 aliphatic carbocycles. The number of carbonyl (C=O) groups is 1. The Bertz CT molecular complexity index is 903. The van der Waals surface area contributed by atoms with E-state index in [1.807, 2.05) is 36.4 Å². The average molecular weight is 387 g/mol. The standard InChI is InChI=1S/C20H21NO5S/c1-2-25-20(22)18(13-8-11-16-9-4-3-5-10-16)26-27(23,24)19-14-7-6-12-17(19)15-21/h3-7,9-10,12,14,18H,2,8,11,13H2,1H3/t18-/m1/s1. The molecule has 0 N–H and O–H groups in total. The van der Waals surface area contributed by atoms with E-state index >= 15 is 0 Å². The number of rotatable bonds is 9. The first kappa shape index (κ1) is 20.6. The van der Waals surface area contributed by atoms with Gasteiger partial charge in [0, 0.05) is 0 Å². The van der Waals surface area contributed by atoms with Gasteiger partial charge in [0.2, 0.25) is 0 Å². The van der Waals surface area contributed by atoms with Crippen LogP contribution in [0.5, 0.6) is 0 Å². The molecule has 0 heterocycles. The number of esters is 1. The van der Waals surface area contributed by atoms with E-state index in [0.29, 0.717) is 12.8 Å². The SMILES string of the molecule is CCOC(=O)[C@@H](CCCc1ccccc1)OS(=O)(=O)c1ccccc1C#N. The highest BCUT2D eigenvalue weighted by Crippen LogP contribution is 2.21. The molecule has 27 heavy (non-hydrogen) atoms. The molecule has 0 bridgehead atoms. The third-order valence-corrected chi connectivity index (χ3v) is 5.22. The smallest absolute Gasteiger partial charge is 0.336 e. The van der Waals surface area contributed by atoms with Gasteiger partial charge in [-0.05, 0) is 43.9 Å². The highest BCUT2D eigenvalue weighted by atomic mass is 32.2. The second-order valence-corrected chi connectivity index (χ2v) is 7.32. The second kappa shape index (κ2) is 9.86. The van der Waals surface area contributed by atoms with E-state index < -0.39 is 22.2 Å². The maximum absolute atomic E-state index is 12.6. The molecule has 0 saturated heterocycles.